The maximum atomic E-state index is 13.6. The molecular formula is C34H49N7O8. The van der Waals surface area contributed by atoms with Crippen molar-refractivity contribution in [2.45, 2.75) is 108 Å². The number of carbonyl (C=O) groups is 8. The van der Waals surface area contributed by atoms with E-state index >= 15 is 0 Å². The molecule has 1 saturated carbocycles. The minimum Gasteiger partial charge on any atom is -0.368 e. The van der Waals surface area contributed by atoms with E-state index in [4.69, 9.17) is 5.73 Å². The van der Waals surface area contributed by atoms with Gasteiger partial charge in [0.15, 0.2) is 0 Å². The molecule has 1 saturated heterocycles. The van der Waals surface area contributed by atoms with E-state index in [0.717, 1.165) is 32.1 Å². The average Bonchev–Trinajstić information content (AvgIpc) is 3.09. The zero-order valence-corrected chi connectivity index (χ0v) is 28.0. The number of Topliss-reactive ketones (excluding diaryl/α,β-unsaturated/α-hetero) is 1. The van der Waals surface area contributed by atoms with Crippen LogP contribution in [0.3, 0.4) is 0 Å². The number of nitrogens with one attached hydrogen (secondary N) is 6. The van der Waals surface area contributed by atoms with Gasteiger partial charge in [-0.15, -0.1) is 0 Å². The number of rotatable bonds is 12. The smallest absolute Gasteiger partial charge is 0.290 e. The third-order valence-corrected chi connectivity index (χ3v) is 8.74. The fraction of sp³-hybridized carbons (Fsp3) is 0.588. The summed E-state index contributed by atoms with van der Waals surface area (Å²) in [5, 5.41) is 15.6. The first-order valence-electron chi connectivity index (χ1n) is 17.1. The average molecular weight is 684 g/mol. The molecule has 1 heterocycles. The van der Waals surface area contributed by atoms with Gasteiger partial charge in [0.25, 0.3) is 5.91 Å². The highest BCUT2D eigenvalue weighted by atomic mass is 16.2. The first-order chi connectivity index (χ1) is 23.5. The van der Waals surface area contributed by atoms with Gasteiger partial charge in [-0.1, -0.05) is 62.9 Å². The molecule has 1 aromatic rings. The molecule has 0 bridgehead atoms. The molecule has 8 N–H and O–H groups in total. The highest BCUT2D eigenvalue weighted by Crippen LogP contribution is 2.27. The van der Waals surface area contributed by atoms with Crippen molar-refractivity contribution < 1.29 is 38.4 Å². The summed E-state index contributed by atoms with van der Waals surface area (Å²) >= 11 is 0. The molecule has 1 aromatic carbocycles. The first kappa shape index (κ1) is 38.6. The standard InChI is InChI=1S/C34H49N7O8/c1-2-11-23(30(45)34(49)37-20-27(44)41-28(31(35)46)21-12-5-3-6-13-21)38-32(47)24-16-9-10-19-36-25(42)17-18-26(43)40-29(33(48)39-24)22-14-7-4-8-15-22/h3,5-6,12-13,22-24,28-29H,2,4,7-11,14-20H2,1H3,(H2,35,46)(H,36,42)(H,37,49)(H,38,47)(H,39,48)(H,40,43)(H,41,44)/t23?,24-,28-,29-/m0/s1. The quantitative estimate of drug-likeness (QED) is 0.147. The molecule has 2 fully saturated rings. The Morgan fingerprint density at radius 1 is 0.857 bits per heavy atom. The lowest BCUT2D eigenvalue weighted by atomic mass is 9.83. The Kier molecular flexibility index (Phi) is 15.7. The minimum absolute atomic E-state index is 0.00253. The Hall–Kier alpha value is -4.82. The van der Waals surface area contributed by atoms with Crippen LogP contribution in [0.5, 0.6) is 0 Å². The van der Waals surface area contributed by atoms with E-state index < -0.39 is 71.9 Å². The van der Waals surface area contributed by atoms with Crippen LogP contribution in [0.15, 0.2) is 30.3 Å². The molecule has 1 aliphatic carbocycles. The van der Waals surface area contributed by atoms with Gasteiger partial charge in [0, 0.05) is 19.4 Å². The van der Waals surface area contributed by atoms with Crippen molar-refractivity contribution in [3.63, 3.8) is 0 Å². The van der Waals surface area contributed by atoms with Crippen LogP contribution < -0.4 is 37.6 Å². The van der Waals surface area contributed by atoms with E-state index in [1.807, 2.05) is 0 Å². The van der Waals surface area contributed by atoms with Crippen molar-refractivity contribution in [3.05, 3.63) is 35.9 Å². The summed E-state index contributed by atoms with van der Waals surface area (Å²) in [6.07, 6.45) is 5.89. The maximum Gasteiger partial charge on any atom is 0.290 e. The third kappa shape index (κ3) is 12.6. The molecule has 7 amide bonds. The summed E-state index contributed by atoms with van der Waals surface area (Å²) in [7, 11) is 0. The zero-order chi connectivity index (χ0) is 35.8. The van der Waals surface area contributed by atoms with Crippen molar-refractivity contribution in [1.29, 1.82) is 0 Å². The van der Waals surface area contributed by atoms with Gasteiger partial charge in [-0.2, -0.15) is 0 Å². The first-order valence-corrected chi connectivity index (χ1v) is 17.1. The van der Waals surface area contributed by atoms with Crippen LogP contribution in [0.4, 0.5) is 0 Å². The molecule has 0 spiro atoms. The number of hydrogen-bond acceptors (Lipinski definition) is 8. The summed E-state index contributed by atoms with van der Waals surface area (Å²) in [5.41, 5.74) is 5.88. The number of hydrogen-bond donors (Lipinski definition) is 7. The maximum absolute atomic E-state index is 13.6. The van der Waals surface area contributed by atoms with E-state index in [9.17, 15) is 38.4 Å². The van der Waals surface area contributed by atoms with Crippen LogP contribution in [0.2, 0.25) is 0 Å². The molecule has 15 heteroatoms. The second-order valence-corrected chi connectivity index (χ2v) is 12.6. The molecule has 15 nitrogen and oxygen atoms in total. The summed E-state index contributed by atoms with van der Waals surface area (Å²) in [4.78, 5) is 103. The molecule has 0 aromatic heterocycles. The molecule has 0 radical (unpaired) electrons. The third-order valence-electron chi connectivity index (χ3n) is 8.74. The van der Waals surface area contributed by atoms with E-state index in [-0.39, 0.29) is 37.5 Å². The SMILES string of the molecule is CCCC(NC(=O)[C@@H]1CCCCNC(=O)CCC(=O)N[C@@H](C2CCCCC2)C(=O)N1)C(=O)C(=O)NCC(=O)N[C@H](C(N)=O)c1ccccc1. The van der Waals surface area contributed by atoms with Crippen LogP contribution in [-0.4, -0.2) is 78.3 Å². The topological polar surface area (TPSA) is 235 Å². The van der Waals surface area contributed by atoms with Crippen LogP contribution >= 0.6 is 0 Å². The van der Waals surface area contributed by atoms with Crippen molar-refractivity contribution >= 4 is 47.1 Å². The molecule has 49 heavy (non-hydrogen) atoms. The van der Waals surface area contributed by atoms with Gasteiger partial charge in [-0.05, 0) is 50.0 Å². The van der Waals surface area contributed by atoms with Gasteiger partial charge < -0.3 is 37.6 Å². The van der Waals surface area contributed by atoms with Gasteiger partial charge in [-0.3, -0.25) is 38.4 Å². The number of nitrogens with two attached hydrogens (primary N) is 1. The van der Waals surface area contributed by atoms with Crippen molar-refractivity contribution in [2.75, 3.05) is 13.1 Å². The molecule has 3 rings (SSSR count). The second kappa shape index (κ2) is 19.9. The Bertz CT molecular complexity index is 1350. The summed E-state index contributed by atoms with van der Waals surface area (Å²) < 4.78 is 0. The number of benzene rings is 1. The van der Waals surface area contributed by atoms with Gasteiger partial charge >= 0.3 is 0 Å². The van der Waals surface area contributed by atoms with Crippen LogP contribution in [0, 0.1) is 5.92 Å². The van der Waals surface area contributed by atoms with Gasteiger partial charge in [-0.25, -0.2) is 0 Å². The lowest BCUT2D eigenvalue weighted by molar-refractivity contribution is -0.141. The van der Waals surface area contributed by atoms with Crippen LogP contribution in [-0.2, 0) is 38.4 Å². The monoisotopic (exact) mass is 683 g/mol. The zero-order valence-electron chi connectivity index (χ0n) is 28.0. The predicted octanol–water partition coefficient (Wildman–Crippen LogP) is -0.0704. The van der Waals surface area contributed by atoms with Crippen molar-refractivity contribution in [1.82, 2.24) is 31.9 Å². The van der Waals surface area contributed by atoms with E-state index in [1.165, 1.54) is 0 Å². The summed E-state index contributed by atoms with van der Waals surface area (Å²) in [5.74, 6) is -5.72. The largest absolute Gasteiger partial charge is 0.368 e. The molecule has 268 valence electrons. The van der Waals surface area contributed by atoms with Gasteiger partial charge in [0.05, 0.1) is 12.6 Å². The fourth-order valence-corrected chi connectivity index (χ4v) is 6.07. The number of primary amides is 1. The number of ketones is 1. The predicted molar refractivity (Wildman–Crippen MR) is 178 cm³/mol. The summed E-state index contributed by atoms with van der Waals surface area (Å²) in [6.45, 7) is 1.46. The van der Waals surface area contributed by atoms with Crippen molar-refractivity contribution in [3.8, 4) is 0 Å². The Morgan fingerprint density at radius 3 is 2.20 bits per heavy atom. The molecule has 1 aliphatic heterocycles. The minimum atomic E-state index is -1.25. The van der Waals surface area contributed by atoms with E-state index in [0.29, 0.717) is 31.4 Å². The highest BCUT2D eigenvalue weighted by molar-refractivity contribution is 6.38. The fourth-order valence-electron chi connectivity index (χ4n) is 6.07. The molecule has 4 atom stereocenters. The lowest BCUT2D eigenvalue weighted by Gasteiger charge is -2.31. The number of carbonyl (C=O) groups excluding carboxylic acids is 8. The van der Waals surface area contributed by atoms with E-state index in [1.54, 1.807) is 37.3 Å². The summed E-state index contributed by atoms with van der Waals surface area (Å²) in [6, 6.07) is 3.90. The molecule has 2 aliphatic rings. The Morgan fingerprint density at radius 2 is 1.53 bits per heavy atom. The normalized spacial score (nSPS) is 21.0. The van der Waals surface area contributed by atoms with Gasteiger partial charge in [0.1, 0.15) is 18.1 Å². The lowest BCUT2D eigenvalue weighted by Crippen LogP contribution is -2.58. The molecule has 1 unspecified atom stereocenters. The van der Waals surface area contributed by atoms with Gasteiger partial charge in [0.2, 0.25) is 41.2 Å². The van der Waals surface area contributed by atoms with E-state index in [2.05, 4.69) is 31.9 Å². The Labute approximate surface area is 286 Å². The number of amides is 7. The molecular weight excluding hydrogens is 634 g/mol. The van der Waals surface area contributed by atoms with Crippen LogP contribution in [0.1, 0.15) is 95.6 Å². The van der Waals surface area contributed by atoms with Crippen molar-refractivity contribution in [2.24, 2.45) is 11.7 Å². The Balaban J connectivity index is 1.68. The highest BCUT2D eigenvalue weighted by Gasteiger charge is 2.35. The second-order valence-electron chi connectivity index (χ2n) is 12.6. The van der Waals surface area contributed by atoms with Crippen LogP contribution in [0.25, 0.3) is 0 Å².